The molecule has 0 bridgehead atoms. The first-order chi connectivity index (χ1) is 17.4. The number of thiophene rings is 1. The summed E-state index contributed by atoms with van der Waals surface area (Å²) in [4.78, 5) is 31.6. The van der Waals surface area contributed by atoms with Gasteiger partial charge in [-0.25, -0.2) is 4.39 Å². The van der Waals surface area contributed by atoms with Crippen molar-refractivity contribution >= 4 is 23.2 Å². The van der Waals surface area contributed by atoms with Gasteiger partial charge >= 0.3 is 0 Å². The van der Waals surface area contributed by atoms with Gasteiger partial charge in [-0.2, -0.15) is 0 Å². The first-order valence-corrected chi connectivity index (χ1v) is 13.0. The van der Waals surface area contributed by atoms with Gasteiger partial charge in [-0.15, -0.1) is 11.3 Å². The van der Waals surface area contributed by atoms with E-state index in [4.69, 9.17) is 9.47 Å². The molecule has 36 heavy (non-hydrogen) atoms. The van der Waals surface area contributed by atoms with Crippen molar-refractivity contribution in [3.63, 3.8) is 0 Å². The number of fused-ring (bicyclic) bond motifs is 1. The Morgan fingerprint density at radius 1 is 1.17 bits per heavy atom. The van der Waals surface area contributed by atoms with E-state index < -0.39 is 5.82 Å². The fourth-order valence-electron chi connectivity index (χ4n) is 4.45. The second kappa shape index (κ2) is 11.6. The molecule has 0 fully saturated rings. The fraction of sp³-hybridized carbons (Fsp3) is 0.357. The molecule has 0 radical (unpaired) electrons. The molecule has 0 spiro atoms. The monoisotopic (exact) mass is 510 g/mol. The van der Waals surface area contributed by atoms with Crippen LogP contribution in [0.3, 0.4) is 0 Å². The lowest BCUT2D eigenvalue weighted by Gasteiger charge is -2.38. The van der Waals surface area contributed by atoms with E-state index in [1.54, 1.807) is 34.3 Å². The average molecular weight is 511 g/mol. The highest BCUT2D eigenvalue weighted by atomic mass is 32.1. The Morgan fingerprint density at radius 2 is 1.94 bits per heavy atom. The maximum atomic E-state index is 13.8. The molecule has 0 saturated heterocycles. The van der Waals surface area contributed by atoms with E-state index in [0.717, 1.165) is 12.0 Å². The summed E-state index contributed by atoms with van der Waals surface area (Å²) in [6, 6.07) is 14.6. The lowest BCUT2D eigenvalue weighted by Crippen LogP contribution is -2.49. The Labute approximate surface area is 215 Å². The summed E-state index contributed by atoms with van der Waals surface area (Å²) < 4.78 is 25.3. The van der Waals surface area contributed by atoms with Crippen molar-refractivity contribution in [2.24, 2.45) is 0 Å². The molecule has 0 N–H and O–H groups in total. The van der Waals surface area contributed by atoms with Crippen LogP contribution in [-0.4, -0.2) is 54.5 Å². The molecule has 6 nitrogen and oxygen atoms in total. The van der Waals surface area contributed by atoms with Crippen LogP contribution in [0.15, 0.2) is 60.0 Å². The third-order valence-corrected chi connectivity index (χ3v) is 7.64. The highest BCUT2D eigenvalue weighted by molar-refractivity contribution is 7.10. The summed E-state index contributed by atoms with van der Waals surface area (Å²) >= 11 is 1.68. The number of hydrogen-bond acceptors (Lipinski definition) is 5. The smallest absolute Gasteiger partial charge is 0.254 e. The van der Waals surface area contributed by atoms with Crippen molar-refractivity contribution in [2.45, 2.75) is 38.8 Å². The summed E-state index contributed by atoms with van der Waals surface area (Å²) in [5.41, 5.74) is 1.30. The Hall–Kier alpha value is -3.39. The van der Waals surface area contributed by atoms with Crippen LogP contribution in [0.5, 0.6) is 11.5 Å². The van der Waals surface area contributed by atoms with E-state index in [1.807, 2.05) is 49.6 Å². The summed E-state index contributed by atoms with van der Waals surface area (Å²) in [5, 5.41) is 2.04. The molecule has 1 aliphatic rings. The van der Waals surface area contributed by atoms with Crippen LogP contribution < -0.4 is 9.47 Å². The quantitative estimate of drug-likeness (QED) is 0.390. The highest BCUT2D eigenvalue weighted by Gasteiger charge is 2.34. The minimum absolute atomic E-state index is 0.0883. The molecule has 0 aliphatic carbocycles. The number of hydrogen-bond donors (Lipinski definition) is 0. The van der Waals surface area contributed by atoms with Crippen LogP contribution in [0.4, 0.5) is 4.39 Å². The average Bonchev–Trinajstić information content (AvgIpc) is 3.38. The van der Waals surface area contributed by atoms with Gasteiger partial charge in [-0.05, 0) is 67.1 Å². The Morgan fingerprint density at radius 3 is 2.67 bits per heavy atom. The number of benzene rings is 2. The summed E-state index contributed by atoms with van der Waals surface area (Å²) in [7, 11) is 1.59. The number of ether oxygens (including phenoxy) is 2. The van der Waals surface area contributed by atoms with Crippen LogP contribution >= 0.6 is 11.3 Å². The zero-order chi connectivity index (χ0) is 25.7. The van der Waals surface area contributed by atoms with Crippen LogP contribution in [0.1, 0.15) is 47.1 Å². The van der Waals surface area contributed by atoms with Crippen LogP contribution in [0.2, 0.25) is 0 Å². The minimum Gasteiger partial charge on any atom is -0.493 e. The first kappa shape index (κ1) is 25.7. The number of halogens is 1. The SMILES string of the molecule is CCC(C)N(CC(=O)N1CCc2sccc2C1COc1ccccc1OC)C(=O)c1cccc(F)c1. The van der Waals surface area contributed by atoms with Crippen molar-refractivity contribution in [3.8, 4) is 11.5 Å². The molecule has 1 aliphatic heterocycles. The number of carbonyl (C=O) groups is 2. The van der Waals surface area contributed by atoms with E-state index in [2.05, 4.69) is 0 Å². The summed E-state index contributed by atoms with van der Waals surface area (Å²) in [6.45, 7) is 4.57. The Kier molecular flexibility index (Phi) is 8.25. The van der Waals surface area contributed by atoms with E-state index in [9.17, 15) is 14.0 Å². The topological polar surface area (TPSA) is 59.1 Å². The molecular weight excluding hydrogens is 479 g/mol. The van der Waals surface area contributed by atoms with Crippen molar-refractivity contribution in [1.29, 1.82) is 0 Å². The predicted octanol–water partition coefficient (Wildman–Crippen LogP) is 5.34. The second-order valence-electron chi connectivity index (χ2n) is 8.81. The summed E-state index contributed by atoms with van der Waals surface area (Å²) in [5.74, 6) is 0.237. The van der Waals surface area contributed by atoms with Gasteiger partial charge in [0.25, 0.3) is 5.91 Å². The van der Waals surface area contributed by atoms with Crippen molar-refractivity contribution in [2.75, 3.05) is 26.8 Å². The van der Waals surface area contributed by atoms with Crippen LogP contribution in [0, 0.1) is 5.82 Å². The molecule has 8 heteroatoms. The largest absolute Gasteiger partial charge is 0.493 e. The molecule has 190 valence electrons. The lowest BCUT2D eigenvalue weighted by atomic mass is 10.00. The number of nitrogens with zero attached hydrogens (tertiary/aromatic N) is 2. The fourth-order valence-corrected chi connectivity index (χ4v) is 5.38. The molecule has 4 rings (SSSR count). The normalized spacial score (nSPS) is 15.7. The van der Waals surface area contributed by atoms with E-state index in [0.29, 0.717) is 24.5 Å². The standard InChI is InChI=1S/C28H31FN2O4S/c1-4-19(2)31(28(33)20-8-7-9-21(29)16-20)17-27(32)30-14-12-26-22(13-15-36-26)23(30)18-35-25-11-6-5-10-24(25)34-3/h5-11,13,15-16,19,23H,4,12,14,17-18H2,1-3H3. The van der Waals surface area contributed by atoms with Crippen molar-refractivity contribution in [1.82, 2.24) is 9.80 Å². The van der Waals surface area contributed by atoms with E-state index >= 15 is 0 Å². The van der Waals surface area contributed by atoms with Gasteiger partial charge in [0.05, 0.1) is 13.2 Å². The van der Waals surface area contributed by atoms with Crippen LogP contribution in [0.25, 0.3) is 0 Å². The molecule has 0 saturated carbocycles. The maximum Gasteiger partial charge on any atom is 0.254 e. The summed E-state index contributed by atoms with van der Waals surface area (Å²) in [6.07, 6.45) is 1.43. The molecule has 2 unspecified atom stereocenters. The minimum atomic E-state index is -0.481. The van der Waals surface area contributed by atoms with E-state index in [1.165, 1.54) is 23.1 Å². The number of carbonyl (C=O) groups excluding carboxylic acids is 2. The van der Waals surface area contributed by atoms with Gasteiger partial charge in [0.2, 0.25) is 5.91 Å². The number of amides is 2. The zero-order valence-corrected chi connectivity index (χ0v) is 21.6. The van der Waals surface area contributed by atoms with Crippen molar-refractivity contribution in [3.05, 3.63) is 81.8 Å². The zero-order valence-electron chi connectivity index (χ0n) is 20.8. The third-order valence-electron chi connectivity index (χ3n) is 6.64. The Balaban J connectivity index is 1.56. The third kappa shape index (κ3) is 5.54. The number of methoxy groups -OCH3 is 1. The molecule has 2 atom stereocenters. The maximum absolute atomic E-state index is 13.8. The number of rotatable bonds is 9. The van der Waals surface area contributed by atoms with Gasteiger partial charge in [-0.1, -0.05) is 25.1 Å². The van der Waals surface area contributed by atoms with Gasteiger partial charge < -0.3 is 19.3 Å². The molecular formula is C28H31FN2O4S. The van der Waals surface area contributed by atoms with Gasteiger partial charge in [0.1, 0.15) is 19.0 Å². The van der Waals surface area contributed by atoms with E-state index in [-0.39, 0.29) is 42.6 Å². The predicted molar refractivity (Wildman–Crippen MR) is 138 cm³/mol. The molecule has 2 aromatic carbocycles. The van der Waals surface area contributed by atoms with Gasteiger partial charge in [0.15, 0.2) is 11.5 Å². The van der Waals surface area contributed by atoms with Crippen molar-refractivity contribution < 1.29 is 23.5 Å². The van der Waals surface area contributed by atoms with Gasteiger partial charge in [0, 0.05) is 23.0 Å². The Bertz CT molecular complexity index is 1210. The second-order valence-corrected chi connectivity index (χ2v) is 9.82. The van der Waals surface area contributed by atoms with Gasteiger partial charge in [-0.3, -0.25) is 9.59 Å². The highest BCUT2D eigenvalue weighted by Crippen LogP contribution is 2.35. The molecule has 1 aromatic heterocycles. The van der Waals surface area contributed by atoms with Crippen LogP contribution in [-0.2, 0) is 11.2 Å². The lowest BCUT2D eigenvalue weighted by molar-refractivity contribution is -0.136. The molecule has 3 aromatic rings. The number of para-hydroxylation sites is 2. The first-order valence-electron chi connectivity index (χ1n) is 12.1. The molecule has 2 amide bonds. The molecule has 2 heterocycles.